The lowest BCUT2D eigenvalue weighted by molar-refractivity contribution is -0.614. The number of aliphatic hydroxyl groups is 1. The van der Waals surface area contributed by atoms with Gasteiger partial charge in [0.25, 0.3) is 5.56 Å². The number of pyridine rings is 1. The van der Waals surface area contributed by atoms with Gasteiger partial charge in [0.2, 0.25) is 17.6 Å². The number of rotatable bonds is 7. The van der Waals surface area contributed by atoms with Crippen molar-refractivity contribution in [2.45, 2.75) is 12.7 Å². The molecule has 34 heavy (non-hydrogen) atoms. The number of nitriles is 1. The van der Waals surface area contributed by atoms with Crippen LogP contribution in [0.5, 0.6) is 17.2 Å². The summed E-state index contributed by atoms with van der Waals surface area (Å²) in [6.45, 7) is -0.860. The van der Waals surface area contributed by atoms with Crippen molar-refractivity contribution in [3.05, 3.63) is 79.6 Å². The maximum atomic E-state index is 14.5. The molecule has 0 aliphatic rings. The Bertz CT molecular complexity index is 1320. The topological polar surface area (TPSA) is 124 Å². The number of alkyl halides is 3. The van der Waals surface area contributed by atoms with Crippen LogP contribution in [0.4, 0.5) is 17.6 Å². The Morgan fingerprint density at radius 3 is 2.68 bits per heavy atom. The van der Waals surface area contributed by atoms with Gasteiger partial charge >= 0.3 is 6.18 Å². The molecule has 0 fully saturated rings. The summed E-state index contributed by atoms with van der Waals surface area (Å²) in [7, 11) is 0. The summed E-state index contributed by atoms with van der Waals surface area (Å²) in [5.74, 6) is -3.30. The fourth-order valence-corrected chi connectivity index (χ4v) is 3.18. The molecule has 2 aromatic heterocycles. The van der Waals surface area contributed by atoms with Crippen molar-refractivity contribution in [2.24, 2.45) is 0 Å². The smallest absolute Gasteiger partial charge is 0.437 e. The van der Waals surface area contributed by atoms with Crippen molar-refractivity contribution in [3.63, 3.8) is 0 Å². The zero-order chi connectivity index (χ0) is 25.0. The van der Waals surface area contributed by atoms with Crippen molar-refractivity contribution in [1.29, 1.82) is 5.26 Å². The van der Waals surface area contributed by atoms with Crippen LogP contribution in [0.15, 0.2) is 46.1 Å². The fourth-order valence-electron chi connectivity index (χ4n) is 2.75. The lowest BCUT2D eigenvalue weighted by atomic mass is 10.2. The number of hydrogen-bond donors (Lipinski definition) is 1. The van der Waals surface area contributed by atoms with Gasteiger partial charge < -0.3 is 19.8 Å². The molecule has 0 bridgehead atoms. The zero-order valence-electron chi connectivity index (χ0n) is 16.8. The van der Waals surface area contributed by atoms with E-state index in [1.807, 2.05) is 0 Å². The summed E-state index contributed by atoms with van der Waals surface area (Å²) < 4.78 is 66.1. The number of aliphatic hydroxyl groups excluding tert-OH is 1. The van der Waals surface area contributed by atoms with Gasteiger partial charge in [0.1, 0.15) is 19.2 Å². The Kier molecular flexibility index (Phi) is 7.38. The van der Waals surface area contributed by atoms with Crippen LogP contribution in [0, 0.1) is 22.4 Å². The van der Waals surface area contributed by atoms with Crippen LogP contribution in [-0.2, 0) is 12.7 Å². The second-order valence-corrected chi connectivity index (χ2v) is 7.50. The average molecular weight is 545 g/mol. The zero-order valence-corrected chi connectivity index (χ0v) is 18.4. The number of ether oxygens (including phenoxy) is 2. The van der Waals surface area contributed by atoms with Crippen molar-refractivity contribution in [1.82, 2.24) is 9.55 Å². The summed E-state index contributed by atoms with van der Waals surface area (Å²) in [6.07, 6.45) is -3.55. The molecule has 14 heteroatoms. The quantitative estimate of drug-likeness (QED) is 0.275. The molecule has 3 rings (SSSR count). The highest BCUT2D eigenvalue weighted by atomic mass is 79.9. The summed E-state index contributed by atoms with van der Waals surface area (Å²) in [5.41, 5.74) is -3.65. The predicted molar refractivity (Wildman–Crippen MR) is 109 cm³/mol. The van der Waals surface area contributed by atoms with Crippen LogP contribution in [-0.4, -0.2) is 27.9 Å². The number of benzene rings is 1. The van der Waals surface area contributed by atoms with E-state index in [0.29, 0.717) is 15.6 Å². The van der Waals surface area contributed by atoms with Crippen LogP contribution < -0.4 is 19.8 Å². The Morgan fingerprint density at radius 1 is 1.32 bits per heavy atom. The largest absolute Gasteiger partial charge is 0.618 e. The van der Waals surface area contributed by atoms with E-state index >= 15 is 0 Å². The molecule has 0 unspecified atom stereocenters. The van der Waals surface area contributed by atoms with E-state index in [1.54, 1.807) is 0 Å². The van der Waals surface area contributed by atoms with Crippen molar-refractivity contribution < 1.29 is 36.9 Å². The number of aromatic nitrogens is 3. The first-order valence-corrected chi connectivity index (χ1v) is 10.0. The van der Waals surface area contributed by atoms with Gasteiger partial charge in [-0.05, 0) is 18.2 Å². The highest BCUT2D eigenvalue weighted by molar-refractivity contribution is 9.10. The number of nitrogens with zero attached hydrogens (tertiary/aromatic N) is 4. The van der Waals surface area contributed by atoms with E-state index in [0.717, 1.165) is 18.3 Å². The van der Waals surface area contributed by atoms with E-state index in [-0.39, 0.29) is 29.1 Å². The maximum Gasteiger partial charge on any atom is 0.437 e. The van der Waals surface area contributed by atoms with Gasteiger partial charge in [-0.1, -0.05) is 15.9 Å². The van der Waals surface area contributed by atoms with Gasteiger partial charge in [-0.3, -0.25) is 9.36 Å². The molecule has 178 valence electrons. The molecule has 0 aliphatic carbocycles. The third-order valence-electron chi connectivity index (χ3n) is 4.26. The monoisotopic (exact) mass is 544 g/mol. The van der Waals surface area contributed by atoms with Crippen LogP contribution in [0.1, 0.15) is 17.0 Å². The SMILES string of the molecule is N#Cc1cc(Br)cc(Oc2c(C(F)(F)F)ncn(Cc3ccc(OCCO)c[n+]3[O-])c2=O)c1F. The first-order valence-electron chi connectivity index (χ1n) is 9.24. The lowest BCUT2D eigenvalue weighted by Gasteiger charge is -2.15. The van der Waals surface area contributed by atoms with Gasteiger partial charge in [0.05, 0.1) is 18.5 Å². The van der Waals surface area contributed by atoms with Gasteiger partial charge in [-0.2, -0.15) is 23.2 Å². The van der Waals surface area contributed by atoms with Crippen molar-refractivity contribution >= 4 is 15.9 Å². The Balaban J connectivity index is 2.05. The Labute approximate surface area is 196 Å². The average Bonchev–Trinajstić information content (AvgIpc) is 2.77. The van der Waals surface area contributed by atoms with Crippen LogP contribution in [0.3, 0.4) is 0 Å². The molecular weight excluding hydrogens is 532 g/mol. The second-order valence-electron chi connectivity index (χ2n) is 6.59. The molecule has 0 radical (unpaired) electrons. The third-order valence-corrected chi connectivity index (χ3v) is 4.72. The molecule has 0 saturated heterocycles. The van der Waals surface area contributed by atoms with E-state index in [1.165, 1.54) is 18.2 Å². The summed E-state index contributed by atoms with van der Waals surface area (Å²) in [6, 6.07) is 6.17. The molecule has 0 aliphatic heterocycles. The molecule has 0 spiro atoms. The molecule has 0 saturated carbocycles. The summed E-state index contributed by atoms with van der Waals surface area (Å²) >= 11 is 2.99. The molecule has 0 amide bonds. The highest BCUT2D eigenvalue weighted by Gasteiger charge is 2.39. The van der Waals surface area contributed by atoms with Crippen LogP contribution in [0.2, 0.25) is 0 Å². The first kappa shape index (κ1) is 24.9. The van der Waals surface area contributed by atoms with E-state index in [9.17, 15) is 27.6 Å². The highest BCUT2D eigenvalue weighted by Crippen LogP contribution is 2.36. The van der Waals surface area contributed by atoms with E-state index in [4.69, 9.17) is 19.8 Å². The molecule has 3 aromatic rings. The van der Waals surface area contributed by atoms with E-state index < -0.39 is 46.9 Å². The standard InChI is InChI=1S/C20H13BrF4N4O5/c21-12-5-11(7-26)16(22)15(6-12)34-17-18(20(23,24)25)27-10-28(19(17)31)8-13-1-2-14(9-29(13)32)33-4-3-30/h1-2,5-6,9-10,30H,3-4,8H2. The van der Waals surface area contributed by atoms with E-state index in [2.05, 4.69) is 20.9 Å². The summed E-state index contributed by atoms with van der Waals surface area (Å²) in [5, 5.41) is 30.0. The fraction of sp³-hybridized carbons (Fsp3) is 0.200. The third kappa shape index (κ3) is 5.43. The van der Waals surface area contributed by atoms with Crippen LogP contribution >= 0.6 is 15.9 Å². The first-order chi connectivity index (χ1) is 16.0. The maximum absolute atomic E-state index is 14.5. The Morgan fingerprint density at radius 2 is 2.06 bits per heavy atom. The summed E-state index contributed by atoms with van der Waals surface area (Å²) in [4.78, 5) is 16.1. The second kappa shape index (κ2) is 10.1. The van der Waals surface area contributed by atoms with Crippen molar-refractivity contribution in [2.75, 3.05) is 13.2 Å². The molecular formula is C20H13BrF4N4O5. The van der Waals surface area contributed by atoms with Gasteiger partial charge in [0, 0.05) is 10.5 Å². The molecule has 2 heterocycles. The molecule has 0 atom stereocenters. The molecule has 1 aromatic carbocycles. The minimum Gasteiger partial charge on any atom is -0.618 e. The number of hydrogen-bond acceptors (Lipinski definition) is 7. The van der Waals surface area contributed by atoms with Gasteiger partial charge in [-0.25, -0.2) is 9.37 Å². The predicted octanol–water partition coefficient (Wildman–Crippen LogP) is 2.88. The van der Waals surface area contributed by atoms with Crippen molar-refractivity contribution in [3.8, 4) is 23.3 Å². The number of halogens is 5. The van der Waals surface area contributed by atoms with Crippen LogP contribution in [0.25, 0.3) is 0 Å². The lowest BCUT2D eigenvalue weighted by Crippen LogP contribution is -2.35. The van der Waals surface area contributed by atoms with Gasteiger partial charge in [0.15, 0.2) is 23.0 Å². The molecule has 1 N–H and O–H groups in total. The Hall–Kier alpha value is -3.70. The minimum absolute atomic E-state index is 0.0636. The van der Waals surface area contributed by atoms with Gasteiger partial charge in [-0.15, -0.1) is 0 Å². The minimum atomic E-state index is -5.13. The normalized spacial score (nSPS) is 11.2. The molecule has 9 nitrogen and oxygen atoms in total.